The molecule has 164 valence electrons. The quantitative estimate of drug-likeness (QED) is 0.603. The molecule has 1 aromatic heterocycles. The van der Waals surface area contributed by atoms with Gasteiger partial charge in [-0.3, -0.25) is 23.9 Å². The lowest BCUT2D eigenvalue weighted by Gasteiger charge is -2.19. The summed E-state index contributed by atoms with van der Waals surface area (Å²) in [4.78, 5) is 44.0. The van der Waals surface area contributed by atoms with Gasteiger partial charge in [0.15, 0.2) is 5.78 Å². The number of hydrogen-bond donors (Lipinski definition) is 1. The molecular weight excluding hydrogens is 408 g/mol. The lowest BCUT2D eigenvalue weighted by atomic mass is 10.1. The van der Waals surface area contributed by atoms with Gasteiger partial charge < -0.3 is 10.1 Å². The van der Waals surface area contributed by atoms with Gasteiger partial charge in [0.05, 0.1) is 30.1 Å². The third-order valence-corrected chi connectivity index (χ3v) is 6.05. The van der Waals surface area contributed by atoms with Gasteiger partial charge in [-0.1, -0.05) is 12.1 Å². The summed E-state index contributed by atoms with van der Waals surface area (Å²) < 4.78 is 7.61. The predicted octanol–water partition coefficient (Wildman–Crippen LogP) is 3.33. The number of ketones is 1. The number of nitrogens with one attached hydrogen (secondary N) is 1. The van der Waals surface area contributed by atoms with Gasteiger partial charge in [0.1, 0.15) is 6.04 Å². The first-order valence-corrected chi connectivity index (χ1v) is 10.8. The van der Waals surface area contributed by atoms with Gasteiger partial charge in [-0.25, -0.2) is 4.98 Å². The Bertz CT molecular complexity index is 1190. The van der Waals surface area contributed by atoms with E-state index in [0.29, 0.717) is 30.4 Å². The average molecular weight is 432 g/mol. The smallest absolute Gasteiger partial charge is 0.253 e. The van der Waals surface area contributed by atoms with Crippen LogP contribution >= 0.6 is 0 Å². The molecule has 2 aliphatic heterocycles. The Labute approximate surface area is 185 Å². The van der Waals surface area contributed by atoms with Gasteiger partial charge in [0.25, 0.3) is 5.91 Å². The van der Waals surface area contributed by atoms with E-state index in [-0.39, 0.29) is 30.1 Å². The van der Waals surface area contributed by atoms with Crippen LogP contribution in [0, 0.1) is 0 Å². The monoisotopic (exact) mass is 432 g/mol. The highest BCUT2D eigenvalue weighted by Crippen LogP contribution is 2.37. The number of amides is 2. The zero-order valence-corrected chi connectivity index (χ0v) is 17.8. The minimum atomic E-state index is -0.671. The van der Waals surface area contributed by atoms with E-state index in [1.54, 1.807) is 29.2 Å². The maximum atomic E-state index is 13.4. The van der Waals surface area contributed by atoms with E-state index in [0.717, 1.165) is 23.9 Å². The number of carbonyl (C=O) groups excluding carboxylic acids is 3. The Hall–Kier alpha value is -3.52. The van der Waals surface area contributed by atoms with E-state index >= 15 is 0 Å². The molecule has 2 amide bonds. The molecule has 0 radical (unpaired) electrons. The van der Waals surface area contributed by atoms with Crippen molar-refractivity contribution in [2.75, 3.05) is 23.4 Å². The first-order chi connectivity index (χ1) is 15.5. The Balaban J connectivity index is 1.40. The topological polar surface area (TPSA) is 93.5 Å². The van der Waals surface area contributed by atoms with Crippen molar-refractivity contribution in [2.45, 2.75) is 38.3 Å². The molecule has 0 saturated carbocycles. The number of anilines is 2. The van der Waals surface area contributed by atoms with Crippen molar-refractivity contribution in [2.24, 2.45) is 0 Å². The Morgan fingerprint density at radius 2 is 1.94 bits per heavy atom. The minimum Gasteiger partial charge on any atom is -0.376 e. The van der Waals surface area contributed by atoms with E-state index in [2.05, 4.69) is 10.3 Å². The molecule has 1 N–H and O–H groups in total. The van der Waals surface area contributed by atoms with Gasteiger partial charge in [-0.05, 0) is 56.2 Å². The minimum absolute atomic E-state index is 0.0112. The van der Waals surface area contributed by atoms with Crippen LogP contribution in [0.2, 0.25) is 0 Å². The summed E-state index contributed by atoms with van der Waals surface area (Å²) in [6.45, 7) is 2.64. The fraction of sp³-hybridized carbons (Fsp3) is 0.333. The molecule has 2 aromatic carbocycles. The van der Waals surface area contributed by atoms with Crippen LogP contribution in [0.3, 0.4) is 0 Å². The number of para-hydroxylation sites is 2. The third-order valence-electron chi connectivity index (χ3n) is 6.05. The lowest BCUT2D eigenvalue weighted by molar-refractivity contribution is -0.124. The molecule has 8 heteroatoms. The van der Waals surface area contributed by atoms with Crippen LogP contribution in [0.25, 0.3) is 11.0 Å². The van der Waals surface area contributed by atoms with E-state index in [1.807, 2.05) is 28.8 Å². The van der Waals surface area contributed by atoms with Crippen molar-refractivity contribution < 1.29 is 19.1 Å². The number of aromatic nitrogens is 2. The number of rotatable bonds is 6. The second-order valence-corrected chi connectivity index (χ2v) is 8.26. The number of benzene rings is 2. The number of ether oxygens (including phenoxy) is 1. The van der Waals surface area contributed by atoms with E-state index in [1.165, 1.54) is 6.92 Å². The summed E-state index contributed by atoms with van der Waals surface area (Å²) >= 11 is 0. The maximum absolute atomic E-state index is 13.4. The van der Waals surface area contributed by atoms with E-state index in [4.69, 9.17) is 4.74 Å². The number of hydrogen-bond acceptors (Lipinski definition) is 5. The van der Waals surface area contributed by atoms with Crippen molar-refractivity contribution in [1.29, 1.82) is 0 Å². The molecule has 8 nitrogen and oxygen atoms in total. The fourth-order valence-electron chi connectivity index (χ4n) is 4.44. The van der Waals surface area contributed by atoms with Crippen molar-refractivity contribution in [3.05, 3.63) is 54.1 Å². The van der Waals surface area contributed by atoms with Crippen molar-refractivity contribution in [3.8, 4) is 0 Å². The number of nitrogens with zero attached hydrogens (tertiary/aromatic N) is 3. The first kappa shape index (κ1) is 20.4. The normalized spacial score (nSPS) is 20.0. The second-order valence-electron chi connectivity index (χ2n) is 8.26. The number of Topliss-reactive ketones (excluding diaryl/α,β-unsaturated/α-hetero) is 1. The zero-order valence-electron chi connectivity index (χ0n) is 17.8. The predicted molar refractivity (Wildman–Crippen MR) is 120 cm³/mol. The highest BCUT2D eigenvalue weighted by atomic mass is 16.5. The molecule has 0 bridgehead atoms. The second kappa shape index (κ2) is 8.20. The molecule has 1 saturated heterocycles. The molecule has 0 unspecified atom stereocenters. The number of carbonyl (C=O) groups is 3. The highest BCUT2D eigenvalue weighted by Gasteiger charge is 2.42. The Morgan fingerprint density at radius 1 is 1.16 bits per heavy atom. The van der Waals surface area contributed by atoms with E-state index < -0.39 is 6.04 Å². The summed E-state index contributed by atoms with van der Waals surface area (Å²) in [6.07, 6.45) is 1.87. The van der Waals surface area contributed by atoms with Crippen LogP contribution < -0.4 is 10.2 Å². The standard InChI is InChI=1S/C24H24N4O4/c1-15(29)16-8-10-17(11-9-16)25-22(30)13-21-23(31)27(14-18-5-4-12-32-18)24-26-19-6-2-3-7-20(19)28(21)24/h2-3,6-11,18,21H,4-5,12-14H2,1H3,(H,25,30)/t18-,21+/m0/s1. The van der Waals surface area contributed by atoms with Gasteiger partial charge >= 0.3 is 0 Å². The maximum Gasteiger partial charge on any atom is 0.253 e. The molecule has 2 atom stereocenters. The first-order valence-electron chi connectivity index (χ1n) is 10.8. The highest BCUT2D eigenvalue weighted by molar-refractivity contribution is 6.05. The van der Waals surface area contributed by atoms with Crippen LogP contribution in [-0.4, -0.2) is 46.4 Å². The molecule has 0 aliphatic carbocycles. The van der Waals surface area contributed by atoms with Gasteiger partial charge in [-0.2, -0.15) is 0 Å². The van der Waals surface area contributed by atoms with Crippen LogP contribution in [0.1, 0.15) is 42.6 Å². The molecule has 0 spiro atoms. The molecular formula is C24H24N4O4. The molecule has 1 fully saturated rings. The molecule has 3 aromatic rings. The van der Waals surface area contributed by atoms with Crippen molar-refractivity contribution in [3.63, 3.8) is 0 Å². The zero-order chi connectivity index (χ0) is 22.2. The molecule has 32 heavy (non-hydrogen) atoms. The number of fused-ring (bicyclic) bond motifs is 3. The molecule has 5 rings (SSSR count). The van der Waals surface area contributed by atoms with Crippen LogP contribution in [0.15, 0.2) is 48.5 Å². The SMILES string of the molecule is CC(=O)c1ccc(NC(=O)C[C@@H]2C(=O)N(C[C@@H]3CCCO3)c3nc4ccccc4n32)cc1. The molecule has 3 heterocycles. The van der Waals surface area contributed by atoms with Gasteiger partial charge in [-0.15, -0.1) is 0 Å². The largest absolute Gasteiger partial charge is 0.376 e. The Morgan fingerprint density at radius 3 is 2.66 bits per heavy atom. The van der Waals surface area contributed by atoms with Crippen LogP contribution in [0.5, 0.6) is 0 Å². The van der Waals surface area contributed by atoms with Crippen LogP contribution in [0.4, 0.5) is 11.6 Å². The summed E-state index contributed by atoms with van der Waals surface area (Å²) in [5.74, 6) is 0.109. The summed E-state index contributed by atoms with van der Waals surface area (Å²) in [5.41, 5.74) is 2.78. The Kier molecular flexibility index (Phi) is 5.22. The van der Waals surface area contributed by atoms with Crippen molar-refractivity contribution >= 4 is 40.3 Å². The number of imidazole rings is 1. The third kappa shape index (κ3) is 3.67. The van der Waals surface area contributed by atoms with Gasteiger partial charge in [0.2, 0.25) is 11.9 Å². The van der Waals surface area contributed by atoms with Crippen LogP contribution in [-0.2, 0) is 14.3 Å². The summed E-state index contributed by atoms with van der Waals surface area (Å²) in [5, 5.41) is 2.84. The van der Waals surface area contributed by atoms with Gasteiger partial charge in [0, 0.05) is 17.9 Å². The molecule has 2 aliphatic rings. The van der Waals surface area contributed by atoms with E-state index in [9.17, 15) is 14.4 Å². The van der Waals surface area contributed by atoms with Crippen molar-refractivity contribution in [1.82, 2.24) is 9.55 Å². The summed E-state index contributed by atoms with van der Waals surface area (Å²) in [6, 6.07) is 13.7. The average Bonchev–Trinajstić information content (AvgIpc) is 3.48. The lowest BCUT2D eigenvalue weighted by Crippen LogP contribution is -2.37. The fourth-order valence-corrected chi connectivity index (χ4v) is 4.44. The summed E-state index contributed by atoms with van der Waals surface area (Å²) in [7, 11) is 0.